The van der Waals surface area contributed by atoms with Crippen LogP contribution >= 0.6 is 0 Å². The molecule has 0 bridgehead atoms. The molecule has 0 aromatic heterocycles. The van der Waals surface area contributed by atoms with E-state index >= 15 is 0 Å². The molecule has 0 radical (unpaired) electrons. The van der Waals surface area contributed by atoms with E-state index in [1.807, 2.05) is 7.05 Å². The molecule has 2 aromatic carbocycles. The third kappa shape index (κ3) is 8.01. The van der Waals surface area contributed by atoms with Gasteiger partial charge in [0.1, 0.15) is 0 Å². The van der Waals surface area contributed by atoms with Gasteiger partial charge in [0.15, 0.2) is 0 Å². The molecule has 2 rings (SSSR count). The lowest BCUT2D eigenvalue weighted by Gasteiger charge is -2.17. The zero-order chi connectivity index (χ0) is 19.3. The maximum Gasteiger partial charge on any atom is 0.0606 e. The molecule has 27 heavy (non-hydrogen) atoms. The average Bonchev–Trinajstić information content (AvgIpc) is 2.70. The summed E-state index contributed by atoms with van der Waals surface area (Å²) in [5.74, 6) is 0. The van der Waals surface area contributed by atoms with E-state index < -0.39 is 0 Å². The van der Waals surface area contributed by atoms with Crippen molar-refractivity contribution in [1.82, 2.24) is 0 Å². The topological polar surface area (TPSA) is 23.5 Å². The predicted octanol–water partition coefficient (Wildman–Crippen LogP) is 6.19. The van der Waals surface area contributed by atoms with Gasteiger partial charge < -0.3 is 10.0 Å². The second-order valence-corrected chi connectivity index (χ2v) is 7.33. The van der Waals surface area contributed by atoms with E-state index in [1.54, 1.807) is 0 Å². The molecule has 0 heterocycles. The number of benzene rings is 2. The second kappa shape index (κ2) is 12.3. The van der Waals surface area contributed by atoms with Gasteiger partial charge in [0.2, 0.25) is 0 Å². The first-order chi connectivity index (χ1) is 13.2. The van der Waals surface area contributed by atoms with Crippen LogP contribution in [-0.2, 0) is 6.42 Å². The predicted molar refractivity (Wildman–Crippen MR) is 119 cm³/mol. The summed E-state index contributed by atoms with van der Waals surface area (Å²) >= 11 is 0. The van der Waals surface area contributed by atoms with Crippen LogP contribution in [0.5, 0.6) is 0 Å². The molecule has 0 aliphatic carbocycles. The minimum atomic E-state index is 0.174. The molecule has 0 saturated heterocycles. The highest BCUT2D eigenvalue weighted by atomic mass is 16.3. The molecule has 146 valence electrons. The number of nitrogens with zero attached hydrogens (tertiary/aromatic N) is 1. The van der Waals surface area contributed by atoms with Crippen LogP contribution in [0.4, 0.5) is 5.69 Å². The van der Waals surface area contributed by atoms with E-state index in [9.17, 15) is 0 Å². The van der Waals surface area contributed by atoms with Crippen LogP contribution in [0.1, 0.15) is 62.1 Å². The number of aryl methyl sites for hydroxylation is 1. The Bertz CT molecular complexity index is 658. The minimum Gasteiger partial charge on any atom is -0.395 e. The van der Waals surface area contributed by atoms with Gasteiger partial charge in [-0.1, -0.05) is 87.6 Å². The van der Waals surface area contributed by atoms with Crippen molar-refractivity contribution in [2.24, 2.45) is 0 Å². The molecule has 0 amide bonds. The number of rotatable bonds is 12. The van der Waals surface area contributed by atoms with Crippen molar-refractivity contribution in [2.45, 2.75) is 51.9 Å². The first kappa shape index (κ1) is 21.2. The number of hydrogen-bond donors (Lipinski definition) is 1. The summed E-state index contributed by atoms with van der Waals surface area (Å²) in [6.45, 7) is 3.09. The van der Waals surface area contributed by atoms with Gasteiger partial charge in [-0.05, 0) is 41.7 Å². The lowest BCUT2D eigenvalue weighted by atomic mass is 10.0. The third-order valence-electron chi connectivity index (χ3n) is 5.04. The fourth-order valence-corrected chi connectivity index (χ4v) is 3.22. The van der Waals surface area contributed by atoms with Crippen LogP contribution in [0.2, 0.25) is 0 Å². The van der Waals surface area contributed by atoms with Crippen molar-refractivity contribution in [3.63, 3.8) is 0 Å². The Morgan fingerprint density at radius 3 is 1.93 bits per heavy atom. The Labute approximate surface area is 165 Å². The van der Waals surface area contributed by atoms with Crippen molar-refractivity contribution in [1.29, 1.82) is 0 Å². The zero-order valence-corrected chi connectivity index (χ0v) is 17.0. The van der Waals surface area contributed by atoms with Gasteiger partial charge in [0, 0.05) is 19.3 Å². The van der Waals surface area contributed by atoms with E-state index in [1.165, 1.54) is 61.6 Å². The Kier molecular flexibility index (Phi) is 9.72. The summed E-state index contributed by atoms with van der Waals surface area (Å²) in [6.07, 6.45) is 13.6. The third-order valence-corrected chi connectivity index (χ3v) is 5.04. The molecule has 1 N–H and O–H groups in total. The number of hydrogen-bond acceptors (Lipinski definition) is 2. The summed E-state index contributed by atoms with van der Waals surface area (Å²) in [7, 11) is 1.99. The average molecular weight is 366 g/mol. The SMILES string of the molecule is CCCCCCCCc1ccc(/C=C/c2ccc(N(C)CCO)cc2)cc1. The maximum absolute atomic E-state index is 9.02. The Balaban J connectivity index is 1.79. The molecule has 0 unspecified atom stereocenters. The molecule has 0 aliphatic heterocycles. The van der Waals surface area contributed by atoms with Gasteiger partial charge in [0.05, 0.1) is 6.61 Å². The molecule has 0 spiro atoms. The van der Waals surface area contributed by atoms with Crippen LogP contribution in [0.3, 0.4) is 0 Å². The quantitative estimate of drug-likeness (QED) is 0.358. The van der Waals surface area contributed by atoms with E-state index in [-0.39, 0.29) is 6.61 Å². The number of likely N-dealkylation sites (N-methyl/N-ethyl adjacent to an activating group) is 1. The summed E-state index contributed by atoms with van der Waals surface area (Å²) in [6, 6.07) is 17.4. The lowest BCUT2D eigenvalue weighted by Crippen LogP contribution is -2.20. The standard InChI is InChI=1S/C25H35NO/c1-3-4-5-6-7-8-9-22-10-12-23(13-11-22)14-15-24-16-18-25(19-17-24)26(2)20-21-27/h10-19,27H,3-9,20-21H2,1-2H3/b15-14+. The largest absolute Gasteiger partial charge is 0.395 e. The monoisotopic (exact) mass is 365 g/mol. The normalized spacial score (nSPS) is 11.2. The molecule has 0 saturated carbocycles. The highest BCUT2D eigenvalue weighted by Gasteiger charge is 1.99. The fourth-order valence-electron chi connectivity index (χ4n) is 3.22. The molecule has 0 atom stereocenters. The molecule has 2 heteroatoms. The van der Waals surface area contributed by atoms with E-state index in [0.717, 1.165) is 5.69 Å². The molecule has 2 aromatic rings. The van der Waals surface area contributed by atoms with Gasteiger partial charge >= 0.3 is 0 Å². The molecule has 2 nitrogen and oxygen atoms in total. The van der Waals surface area contributed by atoms with Gasteiger partial charge in [0.25, 0.3) is 0 Å². The molecule has 0 fully saturated rings. The highest BCUT2D eigenvalue weighted by molar-refractivity contribution is 5.70. The van der Waals surface area contributed by atoms with E-state index in [4.69, 9.17) is 5.11 Å². The van der Waals surface area contributed by atoms with Gasteiger partial charge in [-0.3, -0.25) is 0 Å². The summed E-state index contributed by atoms with van der Waals surface area (Å²) < 4.78 is 0. The van der Waals surface area contributed by atoms with Gasteiger partial charge in [-0.2, -0.15) is 0 Å². The van der Waals surface area contributed by atoms with Crippen LogP contribution < -0.4 is 4.90 Å². The maximum atomic E-state index is 9.02. The summed E-state index contributed by atoms with van der Waals surface area (Å²) in [5.41, 5.74) is 5.00. The fraction of sp³-hybridized carbons (Fsp3) is 0.440. The second-order valence-electron chi connectivity index (χ2n) is 7.33. The van der Waals surface area contributed by atoms with Gasteiger partial charge in [-0.15, -0.1) is 0 Å². The van der Waals surface area contributed by atoms with Crippen molar-refractivity contribution in [2.75, 3.05) is 25.1 Å². The molecular weight excluding hydrogens is 330 g/mol. The number of anilines is 1. The van der Waals surface area contributed by atoms with Crippen molar-refractivity contribution in [3.05, 3.63) is 65.2 Å². The first-order valence-electron chi connectivity index (χ1n) is 10.4. The smallest absolute Gasteiger partial charge is 0.0606 e. The Morgan fingerprint density at radius 1 is 0.778 bits per heavy atom. The highest BCUT2D eigenvalue weighted by Crippen LogP contribution is 2.16. The Morgan fingerprint density at radius 2 is 1.33 bits per heavy atom. The van der Waals surface area contributed by atoms with E-state index in [2.05, 4.69) is 72.5 Å². The number of aliphatic hydroxyl groups excluding tert-OH is 1. The van der Waals surface area contributed by atoms with Crippen molar-refractivity contribution < 1.29 is 5.11 Å². The Hall–Kier alpha value is -2.06. The van der Waals surface area contributed by atoms with Crippen molar-refractivity contribution in [3.8, 4) is 0 Å². The van der Waals surface area contributed by atoms with E-state index in [0.29, 0.717) is 6.54 Å². The van der Waals surface area contributed by atoms with Crippen LogP contribution in [0.25, 0.3) is 12.2 Å². The van der Waals surface area contributed by atoms with Gasteiger partial charge in [-0.25, -0.2) is 0 Å². The molecular formula is C25H35NO. The van der Waals surface area contributed by atoms with Crippen LogP contribution in [0.15, 0.2) is 48.5 Å². The number of unbranched alkanes of at least 4 members (excludes halogenated alkanes) is 5. The van der Waals surface area contributed by atoms with Crippen LogP contribution in [0, 0.1) is 0 Å². The lowest BCUT2D eigenvalue weighted by molar-refractivity contribution is 0.304. The summed E-state index contributed by atoms with van der Waals surface area (Å²) in [4.78, 5) is 2.05. The zero-order valence-electron chi connectivity index (χ0n) is 17.0. The van der Waals surface area contributed by atoms with Crippen molar-refractivity contribution >= 4 is 17.8 Å². The first-order valence-corrected chi connectivity index (χ1v) is 10.4. The number of aliphatic hydroxyl groups is 1. The minimum absolute atomic E-state index is 0.174. The summed E-state index contributed by atoms with van der Waals surface area (Å²) in [5, 5.41) is 9.02. The molecule has 0 aliphatic rings. The van der Waals surface area contributed by atoms with Crippen LogP contribution in [-0.4, -0.2) is 25.3 Å².